The van der Waals surface area contributed by atoms with Gasteiger partial charge in [0.1, 0.15) is 24.1 Å². The molecule has 1 fully saturated rings. The number of hydrogen-bond acceptors (Lipinski definition) is 6. The smallest absolute Gasteiger partial charge is 0.408 e. The van der Waals surface area contributed by atoms with Gasteiger partial charge in [-0.3, -0.25) is 9.78 Å². The third-order valence-corrected chi connectivity index (χ3v) is 5.85. The lowest BCUT2D eigenvalue weighted by Crippen LogP contribution is -2.51. The summed E-state index contributed by atoms with van der Waals surface area (Å²) in [4.78, 5) is 29.2. The minimum atomic E-state index is -3.27. The molecule has 1 aliphatic rings. The number of carbonyl (C=O) groups is 2. The van der Waals surface area contributed by atoms with E-state index in [4.69, 9.17) is 9.47 Å². The van der Waals surface area contributed by atoms with E-state index in [1.165, 1.54) is 13.8 Å². The third-order valence-electron chi connectivity index (χ3n) is 5.85. The Hall–Kier alpha value is -3.18. The van der Waals surface area contributed by atoms with Gasteiger partial charge in [-0.25, -0.2) is 9.18 Å². The van der Waals surface area contributed by atoms with Gasteiger partial charge in [-0.05, 0) is 51.8 Å². The summed E-state index contributed by atoms with van der Waals surface area (Å²) in [6.07, 6.45) is -3.28. The van der Waals surface area contributed by atoms with Gasteiger partial charge in [-0.2, -0.15) is 8.78 Å². The highest BCUT2D eigenvalue weighted by Crippen LogP contribution is 2.42. The summed E-state index contributed by atoms with van der Waals surface area (Å²) in [5.41, 5.74) is 0.379. The second kappa shape index (κ2) is 11.1. The number of benzene rings is 1. The summed E-state index contributed by atoms with van der Waals surface area (Å²) >= 11 is 0. The summed E-state index contributed by atoms with van der Waals surface area (Å²) in [6, 6.07) is 8.35. The number of nitrogens with one attached hydrogen (secondary N) is 1. The van der Waals surface area contributed by atoms with Gasteiger partial charge in [0.05, 0.1) is 24.4 Å². The average molecular weight is 524 g/mol. The van der Waals surface area contributed by atoms with Crippen molar-refractivity contribution in [1.82, 2.24) is 15.2 Å². The second-order valence-corrected chi connectivity index (χ2v) is 10.2. The Morgan fingerprint density at radius 2 is 1.78 bits per heavy atom. The van der Waals surface area contributed by atoms with E-state index in [0.717, 1.165) is 16.0 Å². The number of aromatic nitrogens is 1. The molecular formula is C26H32F3N3O5. The fraction of sp³-hybridized carbons (Fsp3) is 0.500. The lowest BCUT2D eigenvalue weighted by molar-refractivity contribution is -0.159. The minimum Gasteiger partial charge on any atom is -0.444 e. The van der Waals surface area contributed by atoms with E-state index in [-0.39, 0.29) is 6.61 Å². The number of aliphatic hydroxyl groups excluding tert-OH is 1. The van der Waals surface area contributed by atoms with Crippen molar-refractivity contribution in [3.8, 4) is 11.1 Å². The van der Waals surface area contributed by atoms with Crippen LogP contribution in [0.1, 0.15) is 58.0 Å². The molecule has 3 unspecified atom stereocenters. The first-order valence-electron chi connectivity index (χ1n) is 11.8. The molecule has 8 nitrogen and oxygen atoms in total. The van der Waals surface area contributed by atoms with Crippen LogP contribution in [0.2, 0.25) is 0 Å². The van der Waals surface area contributed by atoms with Crippen LogP contribution in [0.3, 0.4) is 0 Å². The normalized spacial score (nSPS) is 20.1. The average Bonchev–Trinajstić information content (AvgIpc) is 3.11. The summed E-state index contributed by atoms with van der Waals surface area (Å²) in [5.74, 6) is -1.47. The largest absolute Gasteiger partial charge is 0.444 e. The molecule has 37 heavy (non-hydrogen) atoms. The monoisotopic (exact) mass is 523 g/mol. The van der Waals surface area contributed by atoms with E-state index in [0.29, 0.717) is 11.3 Å². The third kappa shape index (κ3) is 6.58. The van der Waals surface area contributed by atoms with E-state index in [2.05, 4.69) is 10.3 Å². The topological polar surface area (TPSA) is 101 Å². The Balaban J connectivity index is 1.75. The van der Waals surface area contributed by atoms with Crippen LogP contribution in [-0.4, -0.2) is 64.1 Å². The molecule has 0 aliphatic carbocycles. The van der Waals surface area contributed by atoms with E-state index < -0.39 is 54.6 Å². The number of rotatable bonds is 7. The molecular weight excluding hydrogens is 491 g/mol. The van der Waals surface area contributed by atoms with Gasteiger partial charge in [-0.1, -0.05) is 30.3 Å². The van der Waals surface area contributed by atoms with Gasteiger partial charge in [-0.15, -0.1) is 0 Å². The lowest BCUT2D eigenvalue weighted by Gasteiger charge is -2.32. The van der Waals surface area contributed by atoms with Crippen LogP contribution in [0.15, 0.2) is 42.6 Å². The molecule has 2 aromatic rings. The van der Waals surface area contributed by atoms with Crippen molar-refractivity contribution in [2.45, 2.75) is 70.6 Å². The molecule has 1 saturated heterocycles. The number of halogens is 3. The Bertz CT molecular complexity index is 1090. The number of nitrogens with zero attached hydrogens (tertiary/aromatic N) is 2. The second-order valence-electron chi connectivity index (χ2n) is 10.2. The van der Waals surface area contributed by atoms with Crippen molar-refractivity contribution in [3.63, 3.8) is 0 Å². The fourth-order valence-electron chi connectivity index (χ4n) is 4.27. The SMILES string of the molecule is CC(C)(C)OC(=O)NC(CO)c1ccc(-c2ccc(C3OC(C)(C)N(C(=O)C(F)F)C3CF)cc2)cn1. The van der Waals surface area contributed by atoms with Crippen molar-refractivity contribution in [1.29, 1.82) is 0 Å². The quantitative estimate of drug-likeness (QED) is 0.553. The Morgan fingerprint density at radius 1 is 1.16 bits per heavy atom. The number of carbonyl (C=O) groups excluding carboxylic acids is 2. The van der Waals surface area contributed by atoms with Crippen LogP contribution in [0, 0.1) is 0 Å². The van der Waals surface area contributed by atoms with Crippen LogP contribution in [0.25, 0.3) is 11.1 Å². The summed E-state index contributed by atoms with van der Waals surface area (Å²) in [5, 5.41) is 12.3. The molecule has 2 heterocycles. The molecule has 2 N–H and O–H groups in total. The van der Waals surface area contributed by atoms with Crippen molar-refractivity contribution in [2.24, 2.45) is 0 Å². The zero-order valence-corrected chi connectivity index (χ0v) is 21.4. The molecule has 0 bridgehead atoms. The number of amides is 2. The maximum absolute atomic E-state index is 13.9. The molecule has 3 rings (SSSR count). The molecule has 0 spiro atoms. The molecule has 0 radical (unpaired) electrons. The Labute approximate surface area is 213 Å². The molecule has 0 saturated carbocycles. The highest BCUT2D eigenvalue weighted by molar-refractivity contribution is 5.80. The van der Waals surface area contributed by atoms with Gasteiger partial charge in [0.25, 0.3) is 5.91 Å². The van der Waals surface area contributed by atoms with Gasteiger partial charge in [0, 0.05) is 11.8 Å². The summed E-state index contributed by atoms with van der Waals surface area (Å²) in [6.45, 7) is 6.69. The lowest BCUT2D eigenvalue weighted by atomic mass is 9.99. The maximum atomic E-state index is 13.9. The number of alkyl carbamates (subject to hydrolysis) is 1. The van der Waals surface area contributed by atoms with Crippen LogP contribution in [0.4, 0.5) is 18.0 Å². The summed E-state index contributed by atoms with van der Waals surface area (Å²) in [7, 11) is 0. The first kappa shape index (κ1) is 28.4. The number of ether oxygens (including phenoxy) is 2. The van der Waals surface area contributed by atoms with Crippen molar-refractivity contribution in [3.05, 3.63) is 53.9 Å². The maximum Gasteiger partial charge on any atom is 0.408 e. The first-order valence-corrected chi connectivity index (χ1v) is 11.8. The fourth-order valence-corrected chi connectivity index (χ4v) is 4.27. The van der Waals surface area contributed by atoms with Crippen LogP contribution in [0.5, 0.6) is 0 Å². The van der Waals surface area contributed by atoms with Crippen molar-refractivity contribution >= 4 is 12.0 Å². The molecule has 1 aromatic carbocycles. The molecule has 11 heteroatoms. The van der Waals surface area contributed by atoms with Crippen LogP contribution < -0.4 is 5.32 Å². The highest BCUT2D eigenvalue weighted by Gasteiger charge is 2.52. The highest BCUT2D eigenvalue weighted by atomic mass is 19.3. The molecule has 3 atom stereocenters. The zero-order chi connectivity index (χ0) is 27.5. The van der Waals surface area contributed by atoms with Crippen LogP contribution in [-0.2, 0) is 14.3 Å². The van der Waals surface area contributed by atoms with E-state index in [1.807, 2.05) is 0 Å². The van der Waals surface area contributed by atoms with Crippen molar-refractivity contribution in [2.75, 3.05) is 13.3 Å². The standard InChI is InChI=1S/C26H32F3N3O5/c1-25(2,3)37-24(35)31-19(14-33)18-11-10-17(13-30-18)15-6-8-16(9-7-15)21-20(12-27)32(23(34)22(28)29)26(4,5)36-21/h6-11,13,19-22,33H,12,14H2,1-5H3,(H,31,35). The summed E-state index contributed by atoms with van der Waals surface area (Å²) < 4.78 is 51.2. The Morgan fingerprint density at radius 3 is 2.27 bits per heavy atom. The zero-order valence-electron chi connectivity index (χ0n) is 21.4. The van der Waals surface area contributed by atoms with Gasteiger partial charge in [0.2, 0.25) is 0 Å². The first-order chi connectivity index (χ1) is 17.3. The molecule has 1 aromatic heterocycles. The van der Waals surface area contributed by atoms with Crippen LogP contribution >= 0.6 is 0 Å². The van der Waals surface area contributed by atoms with Crippen molar-refractivity contribution < 1.29 is 37.3 Å². The predicted molar refractivity (Wildman–Crippen MR) is 129 cm³/mol. The van der Waals surface area contributed by atoms with E-state index >= 15 is 0 Å². The number of aliphatic hydroxyl groups is 1. The minimum absolute atomic E-state index is 0.376. The molecule has 1 aliphatic heterocycles. The number of pyridine rings is 1. The van der Waals surface area contributed by atoms with E-state index in [1.54, 1.807) is 63.4 Å². The predicted octanol–water partition coefficient (Wildman–Crippen LogP) is 4.55. The van der Waals surface area contributed by atoms with Gasteiger partial charge < -0.3 is 24.8 Å². The molecule has 202 valence electrons. The number of hydrogen-bond donors (Lipinski definition) is 2. The molecule has 2 amide bonds. The van der Waals surface area contributed by atoms with Gasteiger partial charge in [0.15, 0.2) is 0 Å². The van der Waals surface area contributed by atoms with E-state index in [9.17, 15) is 27.9 Å². The van der Waals surface area contributed by atoms with Gasteiger partial charge >= 0.3 is 12.5 Å². The number of alkyl halides is 3. The Kier molecular flexibility index (Phi) is 8.49.